The van der Waals surface area contributed by atoms with Crippen LogP contribution in [-0.4, -0.2) is 14.5 Å². The molecule has 9 aromatic carbocycles. The summed E-state index contributed by atoms with van der Waals surface area (Å²) in [5.41, 5.74) is 15.9. The van der Waals surface area contributed by atoms with Gasteiger partial charge in [0.25, 0.3) is 0 Å². The summed E-state index contributed by atoms with van der Waals surface area (Å²) in [7, 11) is 0. The van der Waals surface area contributed by atoms with Crippen molar-refractivity contribution < 1.29 is 8.83 Å². The number of benzene rings is 9. The maximum absolute atomic E-state index is 6.57. The molecule has 0 unspecified atom stereocenters. The Morgan fingerprint density at radius 2 is 0.921 bits per heavy atom. The van der Waals surface area contributed by atoms with Gasteiger partial charge in [0.1, 0.15) is 22.3 Å². The molecule has 63 heavy (non-hydrogen) atoms. The average molecular weight is 806 g/mol. The molecule has 5 nitrogen and oxygen atoms in total. The molecule has 0 saturated carbocycles. The third kappa shape index (κ3) is 5.78. The van der Waals surface area contributed by atoms with Gasteiger partial charge in [-0.25, -0.2) is 9.97 Å². The van der Waals surface area contributed by atoms with E-state index in [0.29, 0.717) is 5.82 Å². The van der Waals surface area contributed by atoms with Crippen molar-refractivity contribution in [2.24, 2.45) is 0 Å². The summed E-state index contributed by atoms with van der Waals surface area (Å²) in [6.45, 7) is 0. The van der Waals surface area contributed by atoms with Gasteiger partial charge in [0, 0.05) is 54.7 Å². The number of para-hydroxylation sites is 2. The highest BCUT2D eigenvalue weighted by Gasteiger charge is 2.19. The number of hydrogen-bond acceptors (Lipinski definition) is 4. The van der Waals surface area contributed by atoms with Crippen molar-refractivity contribution in [2.45, 2.75) is 0 Å². The van der Waals surface area contributed by atoms with Gasteiger partial charge in [0.15, 0.2) is 5.82 Å². The van der Waals surface area contributed by atoms with Gasteiger partial charge in [-0.2, -0.15) is 0 Å². The minimum absolute atomic E-state index is 0.651. The van der Waals surface area contributed by atoms with Crippen molar-refractivity contribution >= 4 is 65.7 Å². The highest BCUT2D eigenvalue weighted by atomic mass is 16.3. The first-order valence-corrected chi connectivity index (χ1v) is 21.2. The summed E-state index contributed by atoms with van der Waals surface area (Å²) in [5, 5.41) is 6.64. The Hall–Kier alpha value is -8.54. The second kappa shape index (κ2) is 14.0. The van der Waals surface area contributed by atoms with E-state index in [1.807, 2.05) is 48.5 Å². The summed E-state index contributed by atoms with van der Waals surface area (Å²) in [6.07, 6.45) is 0. The van der Waals surface area contributed by atoms with Crippen LogP contribution < -0.4 is 0 Å². The number of aromatic nitrogens is 3. The van der Waals surface area contributed by atoms with Crippen molar-refractivity contribution in [2.75, 3.05) is 0 Å². The molecule has 5 heteroatoms. The van der Waals surface area contributed by atoms with E-state index in [0.717, 1.165) is 94.3 Å². The van der Waals surface area contributed by atoms with Crippen LogP contribution in [0.25, 0.3) is 128 Å². The monoisotopic (exact) mass is 805 g/mol. The van der Waals surface area contributed by atoms with E-state index in [4.69, 9.17) is 18.8 Å². The van der Waals surface area contributed by atoms with Gasteiger partial charge in [-0.1, -0.05) is 140 Å². The molecule has 13 aromatic rings. The Balaban J connectivity index is 0.958. The zero-order chi connectivity index (χ0) is 41.4. The number of furan rings is 2. The predicted octanol–water partition coefficient (Wildman–Crippen LogP) is 15.7. The zero-order valence-corrected chi connectivity index (χ0v) is 33.9. The van der Waals surface area contributed by atoms with Gasteiger partial charge in [-0.3, -0.25) is 0 Å². The van der Waals surface area contributed by atoms with E-state index in [-0.39, 0.29) is 0 Å². The Kier molecular flexibility index (Phi) is 7.84. The smallest absolute Gasteiger partial charge is 0.160 e. The van der Waals surface area contributed by atoms with E-state index in [9.17, 15) is 0 Å². The molecule has 0 aliphatic carbocycles. The Bertz CT molecular complexity index is 3910. The van der Waals surface area contributed by atoms with Gasteiger partial charge in [0.2, 0.25) is 0 Å². The van der Waals surface area contributed by atoms with Crippen molar-refractivity contribution in [3.63, 3.8) is 0 Å². The molecular formula is C58H35N3O2. The molecule has 4 heterocycles. The molecule has 0 fully saturated rings. The van der Waals surface area contributed by atoms with Crippen LogP contribution >= 0.6 is 0 Å². The van der Waals surface area contributed by atoms with Crippen LogP contribution in [0.2, 0.25) is 0 Å². The SMILES string of the molecule is c1ccc(-c2cccc(-n3c4ccccc4c4cc(-c5ccc6oc7cccc(-c8cc(-c9ccc%10c(c9)oc9ccccc9%10)nc(-c9ccccc9)n8)c7c6c5)ccc43)c2)cc1. The van der Waals surface area contributed by atoms with Crippen LogP contribution in [0.15, 0.2) is 221 Å². The van der Waals surface area contributed by atoms with E-state index >= 15 is 0 Å². The molecule has 0 amide bonds. The molecule has 0 N–H and O–H groups in total. The summed E-state index contributed by atoms with van der Waals surface area (Å²) in [4.78, 5) is 10.4. The summed E-state index contributed by atoms with van der Waals surface area (Å²) < 4.78 is 15.3. The standard InChI is InChI=1S/C58H35N3O2/c1-3-13-36(14-4-1)38-17-11-18-42(31-38)61-51-22-9-7-19-43(51)47-32-39(26-29-52(47)61)40-27-30-54-48(33-40)57-46(21-12-24-55(57)62-54)50-35-49(59-58(60-50)37-15-5-2-6-16-37)41-25-28-45-44-20-8-10-23-53(44)63-56(45)34-41/h1-35H. The predicted molar refractivity (Wildman–Crippen MR) is 258 cm³/mol. The third-order valence-electron chi connectivity index (χ3n) is 12.4. The zero-order valence-electron chi connectivity index (χ0n) is 33.9. The van der Waals surface area contributed by atoms with E-state index < -0.39 is 0 Å². The first-order valence-electron chi connectivity index (χ1n) is 21.2. The lowest BCUT2D eigenvalue weighted by Crippen LogP contribution is -1.96. The van der Waals surface area contributed by atoms with E-state index in [1.54, 1.807) is 0 Å². The average Bonchev–Trinajstić information content (AvgIpc) is 4.03. The number of rotatable bonds is 6. The number of hydrogen-bond donors (Lipinski definition) is 0. The Labute approximate surface area is 361 Å². The quantitative estimate of drug-likeness (QED) is 0.168. The normalized spacial score (nSPS) is 11.8. The summed E-state index contributed by atoms with van der Waals surface area (Å²) >= 11 is 0. The van der Waals surface area contributed by atoms with Gasteiger partial charge in [0.05, 0.1) is 22.4 Å². The molecule has 0 aliphatic heterocycles. The van der Waals surface area contributed by atoms with Crippen LogP contribution in [-0.2, 0) is 0 Å². The lowest BCUT2D eigenvalue weighted by atomic mass is 9.98. The van der Waals surface area contributed by atoms with Crippen molar-refractivity contribution in [3.8, 4) is 61.8 Å². The van der Waals surface area contributed by atoms with Gasteiger partial charge in [-0.15, -0.1) is 0 Å². The maximum atomic E-state index is 6.57. The van der Waals surface area contributed by atoms with Crippen LogP contribution in [0.1, 0.15) is 0 Å². The molecular weight excluding hydrogens is 771 g/mol. The Morgan fingerprint density at radius 3 is 1.79 bits per heavy atom. The summed E-state index contributed by atoms with van der Waals surface area (Å²) in [6, 6.07) is 74.5. The largest absolute Gasteiger partial charge is 0.456 e. The van der Waals surface area contributed by atoms with Crippen LogP contribution in [0, 0.1) is 0 Å². The van der Waals surface area contributed by atoms with Gasteiger partial charge < -0.3 is 13.4 Å². The first-order chi connectivity index (χ1) is 31.2. The number of fused-ring (bicyclic) bond motifs is 9. The lowest BCUT2D eigenvalue weighted by Gasteiger charge is -2.11. The number of nitrogens with zero attached hydrogens (tertiary/aromatic N) is 3. The van der Waals surface area contributed by atoms with Crippen molar-refractivity contribution in [3.05, 3.63) is 212 Å². The van der Waals surface area contributed by atoms with Gasteiger partial charge >= 0.3 is 0 Å². The molecule has 0 saturated heterocycles. The minimum atomic E-state index is 0.651. The van der Waals surface area contributed by atoms with E-state index in [1.165, 1.54) is 27.4 Å². The fraction of sp³-hybridized carbons (Fsp3) is 0. The molecule has 13 rings (SSSR count). The van der Waals surface area contributed by atoms with Gasteiger partial charge in [-0.05, 0) is 95.1 Å². The minimum Gasteiger partial charge on any atom is -0.456 e. The molecule has 0 atom stereocenters. The first kappa shape index (κ1) is 35.2. The summed E-state index contributed by atoms with van der Waals surface area (Å²) in [5.74, 6) is 0.651. The second-order valence-electron chi connectivity index (χ2n) is 16.1. The Morgan fingerprint density at radius 1 is 0.317 bits per heavy atom. The highest BCUT2D eigenvalue weighted by Crippen LogP contribution is 2.41. The van der Waals surface area contributed by atoms with Crippen LogP contribution in [0.4, 0.5) is 0 Å². The van der Waals surface area contributed by atoms with Crippen molar-refractivity contribution in [1.29, 1.82) is 0 Å². The molecule has 4 aromatic heterocycles. The molecule has 0 aliphatic rings. The lowest BCUT2D eigenvalue weighted by molar-refractivity contribution is 0.668. The second-order valence-corrected chi connectivity index (χ2v) is 16.1. The molecule has 0 bridgehead atoms. The maximum Gasteiger partial charge on any atom is 0.160 e. The molecule has 0 spiro atoms. The fourth-order valence-electron chi connectivity index (χ4n) is 9.44. The fourth-order valence-corrected chi connectivity index (χ4v) is 9.44. The highest BCUT2D eigenvalue weighted by molar-refractivity contribution is 6.14. The molecule has 0 radical (unpaired) electrons. The topological polar surface area (TPSA) is 57.0 Å². The molecule has 294 valence electrons. The van der Waals surface area contributed by atoms with Crippen LogP contribution in [0.3, 0.4) is 0 Å². The van der Waals surface area contributed by atoms with Crippen LogP contribution in [0.5, 0.6) is 0 Å². The van der Waals surface area contributed by atoms with E-state index in [2.05, 4.69) is 168 Å². The third-order valence-corrected chi connectivity index (χ3v) is 12.4. The van der Waals surface area contributed by atoms with Crippen molar-refractivity contribution in [1.82, 2.24) is 14.5 Å².